The van der Waals surface area contributed by atoms with Crippen molar-refractivity contribution in [3.63, 3.8) is 0 Å². The van der Waals surface area contributed by atoms with E-state index >= 15 is 0 Å². The summed E-state index contributed by atoms with van der Waals surface area (Å²) in [6.45, 7) is 0. The molecule has 6 heteroatoms. The van der Waals surface area contributed by atoms with Crippen LogP contribution in [0.15, 0.2) is 30.5 Å². The van der Waals surface area contributed by atoms with E-state index in [-0.39, 0.29) is 11.1 Å². The zero-order chi connectivity index (χ0) is 13.2. The van der Waals surface area contributed by atoms with Crippen LogP contribution in [0.2, 0.25) is 5.28 Å². The molecule has 3 rings (SSSR count). The van der Waals surface area contributed by atoms with Crippen molar-refractivity contribution in [2.75, 3.05) is 0 Å². The number of aromatic nitrogens is 4. The van der Waals surface area contributed by atoms with Gasteiger partial charge in [0.05, 0.1) is 6.20 Å². The molecule has 0 bridgehead atoms. The molecule has 0 saturated heterocycles. The van der Waals surface area contributed by atoms with Gasteiger partial charge in [0.2, 0.25) is 5.28 Å². The molecule has 0 aliphatic rings. The number of aromatic amines is 1. The van der Waals surface area contributed by atoms with Crippen molar-refractivity contribution in [2.45, 2.75) is 0 Å². The Morgan fingerprint density at radius 3 is 2.74 bits per heavy atom. The topological polar surface area (TPSA) is 54.5 Å². The Hall–Kier alpha value is -2.27. The van der Waals surface area contributed by atoms with Gasteiger partial charge in [-0.2, -0.15) is 5.10 Å². The van der Waals surface area contributed by atoms with Crippen LogP contribution in [0, 0.1) is 5.82 Å². The van der Waals surface area contributed by atoms with Gasteiger partial charge in [0.25, 0.3) is 0 Å². The van der Waals surface area contributed by atoms with E-state index in [1.807, 2.05) is 6.08 Å². The second kappa shape index (κ2) is 4.78. The molecule has 0 aliphatic carbocycles. The highest BCUT2D eigenvalue weighted by Gasteiger charge is 2.05. The lowest BCUT2D eigenvalue weighted by molar-refractivity contribution is 0.628. The molecule has 0 saturated carbocycles. The summed E-state index contributed by atoms with van der Waals surface area (Å²) in [6.07, 6.45) is 5.19. The standard InChI is InChI=1S/C13H8ClFN4/c14-13-16-7-11-12(17-13)10(18-19-11)6-3-8-1-4-9(15)5-2-8/h1-7H,(H,18,19). The molecule has 1 aromatic carbocycles. The maximum absolute atomic E-state index is 12.8. The minimum Gasteiger partial charge on any atom is -0.274 e. The molecule has 0 aliphatic heterocycles. The van der Waals surface area contributed by atoms with E-state index in [9.17, 15) is 4.39 Å². The van der Waals surface area contributed by atoms with Gasteiger partial charge in [0, 0.05) is 0 Å². The zero-order valence-electron chi connectivity index (χ0n) is 9.64. The Labute approximate surface area is 113 Å². The van der Waals surface area contributed by atoms with E-state index < -0.39 is 0 Å². The molecule has 0 fully saturated rings. The van der Waals surface area contributed by atoms with Gasteiger partial charge >= 0.3 is 0 Å². The Kier molecular flexibility index (Phi) is 2.97. The van der Waals surface area contributed by atoms with Crippen molar-refractivity contribution in [1.29, 1.82) is 0 Å². The molecule has 4 nitrogen and oxygen atoms in total. The number of H-pyrrole nitrogens is 1. The van der Waals surface area contributed by atoms with Crippen molar-refractivity contribution in [3.8, 4) is 0 Å². The Bertz CT molecular complexity index is 749. The normalized spacial score (nSPS) is 11.5. The van der Waals surface area contributed by atoms with Crippen LogP contribution in [0.25, 0.3) is 23.2 Å². The summed E-state index contributed by atoms with van der Waals surface area (Å²) in [5, 5.41) is 7.11. The minimum absolute atomic E-state index is 0.172. The van der Waals surface area contributed by atoms with Gasteiger partial charge in [0.15, 0.2) is 0 Å². The molecule has 94 valence electrons. The lowest BCUT2D eigenvalue weighted by Gasteiger charge is -1.93. The van der Waals surface area contributed by atoms with Gasteiger partial charge in [-0.25, -0.2) is 14.4 Å². The van der Waals surface area contributed by atoms with Crippen molar-refractivity contribution >= 4 is 34.8 Å². The summed E-state index contributed by atoms with van der Waals surface area (Å²) < 4.78 is 12.8. The van der Waals surface area contributed by atoms with Crippen molar-refractivity contribution in [3.05, 3.63) is 52.8 Å². The maximum atomic E-state index is 12.8. The Morgan fingerprint density at radius 2 is 1.95 bits per heavy atom. The smallest absolute Gasteiger partial charge is 0.223 e. The fourth-order valence-electron chi connectivity index (χ4n) is 1.68. The largest absolute Gasteiger partial charge is 0.274 e. The number of rotatable bonds is 2. The van der Waals surface area contributed by atoms with Gasteiger partial charge in [-0.3, -0.25) is 5.10 Å². The first-order valence-electron chi connectivity index (χ1n) is 5.52. The molecule has 0 spiro atoms. The summed E-state index contributed by atoms with van der Waals surface area (Å²) in [5.74, 6) is -0.262. The molecule has 1 N–H and O–H groups in total. The lowest BCUT2D eigenvalue weighted by atomic mass is 10.2. The average Bonchev–Trinajstić information content (AvgIpc) is 2.80. The fraction of sp³-hybridized carbons (Fsp3) is 0. The van der Waals surface area contributed by atoms with E-state index in [4.69, 9.17) is 11.6 Å². The van der Waals surface area contributed by atoms with Crippen molar-refractivity contribution in [2.24, 2.45) is 0 Å². The third-order valence-corrected chi connectivity index (χ3v) is 2.78. The first kappa shape index (κ1) is 11.8. The zero-order valence-corrected chi connectivity index (χ0v) is 10.4. The third-order valence-electron chi connectivity index (χ3n) is 2.60. The van der Waals surface area contributed by atoms with Crippen LogP contribution in [-0.2, 0) is 0 Å². The quantitative estimate of drug-likeness (QED) is 0.730. The summed E-state index contributed by atoms with van der Waals surface area (Å²) in [4.78, 5) is 7.98. The second-order valence-electron chi connectivity index (χ2n) is 3.90. The highest BCUT2D eigenvalue weighted by atomic mass is 35.5. The van der Waals surface area contributed by atoms with E-state index in [0.717, 1.165) is 5.56 Å². The number of nitrogens with zero attached hydrogens (tertiary/aromatic N) is 3. The summed E-state index contributed by atoms with van der Waals surface area (Å²) in [5.41, 5.74) is 2.89. The predicted molar refractivity (Wildman–Crippen MR) is 72.0 cm³/mol. The fourth-order valence-corrected chi connectivity index (χ4v) is 1.81. The molecule has 19 heavy (non-hydrogen) atoms. The highest BCUT2D eigenvalue weighted by molar-refractivity contribution is 6.28. The van der Waals surface area contributed by atoms with E-state index in [1.54, 1.807) is 24.4 Å². The number of fused-ring (bicyclic) bond motifs is 1. The van der Waals surface area contributed by atoms with Gasteiger partial charge in [-0.05, 0) is 35.4 Å². The van der Waals surface area contributed by atoms with Gasteiger partial charge in [0.1, 0.15) is 22.5 Å². The first-order chi connectivity index (χ1) is 9.22. The van der Waals surface area contributed by atoms with Crippen molar-refractivity contribution in [1.82, 2.24) is 20.2 Å². The van der Waals surface area contributed by atoms with E-state index in [1.165, 1.54) is 12.1 Å². The summed E-state index contributed by atoms with van der Waals surface area (Å²) in [7, 11) is 0. The molecule has 0 atom stereocenters. The molecular formula is C13H8ClFN4. The molecule has 3 aromatic rings. The van der Waals surface area contributed by atoms with E-state index in [0.29, 0.717) is 16.7 Å². The van der Waals surface area contributed by atoms with Crippen LogP contribution in [0.4, 0.5) is 4.39 Å². The Balaban J connectivity index is 1.96. The second-order valence-corrected chi connectivity index (χ2v) is 4.23. The number of hydrogen-bond donors (Lipinski definition) is 1. The molecule has 0 radical (unpaired) electrons. The van der Waals surface area contributed by atoms with Crippen molar-refractivity contribution < 1.29 is 4.39 Å². The summed E-state index contributed by atoms with van der Waals surface area (Å²) >= 11 is 5.75. The summed E-state index contributed by atoms with van der Waals surface area (Å²) in [6, 6.07) is 6.17. The number of nitrogens with one attached hydrogen (secondary N) is 1. The Morgan fingerprint density at radius 1 is 1.16 bits per heavy atom. The van der Waals surface area contributed by atoms with Crippen LogP contribution in [0.1, 0.15) is 11.3 Å². The minimum atomic E-state index is -0.262. The van der Waals surface area contributed by atoms with Crippen LogP contribution < -0.4 is 0 Å². The van der Waals surface area contributed by atoms with Crippen LogP contribution in [0.3, 0.4) is 0 Å². The highest BCUT2D eigenvalue weighted by Crippen LogP contribution is 2.17. The van der Waals surface area contributed by atoms with Crippen LogP contribution in [-0.4, -0.2) is 20.2 Å². The van der Waals surface area contributed by atoms with Gasteiger partial charge in [-0.15, -0.1) is 0 Å². The monoisotopic (exact) mass is 274 g/mol. The molecule has 2 heterocycles. The molecule has 0 amide bonds. The van der Waals surface area contributed by atoms with Gasteiger partial charge in [-0.1, -0.05) is 18.2 Å². The maximum Gasteiger partial charge on any atom is 0.223 e. The van der Waals surface area contributed by atoms with E-state index in [2.05, 4.69) is 20.2 Å². The molecule has 2 aromatic heterocycles. The van der Waals surface area contributed by atoms with Crippen LogP contribution in [0.5, 0.6) is 0 Å². The lowest BCUT2D eigenvalue weighted by Crippen LogP contribution is -1.82. The predicted octanol–water partition coefficient (Wildman–Crippen LogP) is 3.32. The average molecular weight is 275 g/mol. The molecule has 0 unspecified atom stereocenters. The number of benzene rings is 1. The third kappa shape index (κ3) is 2.46. The first-order valence-corrected chi connectivity index (χ1v) is 5.90. The number of hydrogen-bond acceptors (Lipinski definition) is 3. The SMILES string of the molecule is Fc1ccc(C=Cc2n[nH]c3cnc(Cl)nc23)cc1. The van der Waals surface area contributed by atoms with Gasteiger partial charge < -0.3 is 0 Å². The number of halogens is 2. The van der Waals surface area contributed by atoms with Crippen LogP contribution >= 0.6 is 11.6 Å². The molecular weight excluding hydrogens is 267 g/mol.